The number of aliphatic hydroxyl groups is 3. The molecule has 24 heteroatoms. The summed E-state index contributed by atoms with van der Waals surface area (Å²) in [7, 11) is 0. The summed E-state index contributed by atoms with van der Waals surface area (Å²) in [5.41, 5.74) is 0. The molecule has 0 saturated carbocycles. The Bertz CT molecular complexity index is 1500. The topological polar surface area (TPSA) is 317 Å². The molecule has 0 spiro atoms. The molecule has 0 aliphatic carbocycles. The molecular formula is C34H48O24. The van der Waals surface area contributed by atoms with E-state index in [0.717, 1.165) is 55.4 Å². The van der Waals surface area contributed by atoms with E-state index in [1.807, 2.05) is 0 Å². The molecule has 24 nitrogen and oxygen atoms in total. The van der Waals surface area contributed by atoms with Gasteiger partial charge in [0.1, 0.15) is 49.8 Å². The highest BCUT2D eigenvalue weighted by Gasteiger charge is 2.57. The Hall–Kier alpha value is -4.56. The number of carbonyl (C=O) groups is 8. The maximum Gasteiger partial charge on any atom is 0.303 e. The van der Waals surface area contributed by atoms with Gasteiger partial charge < -0.3 is 76.9 Å². The van der Waals surface area contributed by atoms with Crippen molar-refractivity contribution in [3.63, 3.8) is 0 Å². The van der Waals surface area contributed by atoms with E-state index < -0.39 is 160 Å². The van der Waals surface area contributed by atoms with E-state index in [0.29, 0.717) is 0 Å². The standard InChI is InChI=1S/C34H48O24/c1-12(35)46-10-21-25(49-14(3)37)28(51-16(5)39)30(53-18(7)41)33(56-21)48-9-20-23(43)27(24(44)32(45)55-20)58-34-31(54-19(8)42)29(52-17(6)40)26(50-15(4)38)22(57-34)11-47-13(2)36/h20-34,43-45H,9-11H2,1-8H3/t20?,21?,22?,23-,24?,25+,26-,27?,28?,29?,30?,31?,32+,33-,34+/m1/s1. The Morgan fingerprint density at radius 2 is 0.759 bits per heavy atom. The van der Waals surface area contributed by atoms with Crippen LogP contribution in [0.25, 0.3) is 0 Å². The summed E-state index contributed by atoms with van der Waals surface area (Å²) in [6.45, 7) is 6.11. The fourth-order valence-corrected chi connectivity index (χ4v) is 6.18. The van der Waals surface area contributed by atoms with Crippen LogP contribution >= 0.6 is 0 Å². The van der Waals surface area contributed by atoms with Crippen molar-refractivity contribution in [1.29, 1.82) is 0 Å². The molecule has 0 aromatic heterocycles. The van der Waals surface area contributed by atoms with Gasteiger partial charge in [-0.2, -0.15) is 0 Å². The molecule has 0 radical (unpaired) electrons. The van der Waals surface area contributed by atoms with Crippen LogP contribution in [0.1, 0.15) is 55.4 Å². The molecule has 15 atom stereocenters. The Kier molecular flexibility index (Phi) is 17.7. The van der Waals surface area contributed by atoms with Gasteiger partial charge in [-0.05, 0) is 0 Å². The minimum absolute atomic E-state index is 0.586. The average Bonchev–Trinajstić information content (AvgIpc) is 3.09. The fraction of sp³-hybridized carbons (Fsp3) is 0.765. The van der Waals surface area contributed by atoms with Crippen molar-refractivity contribution in [3.8, 4) is 0 Å². The second-order valence-corrected chi connectivity index (χ2v) is 13.1. The molecule has 328 valence electrons. The third-order valence-corrected chi connectivity index (χ3v) is 8.27. The maximum absolute atomic E-state index is 12.3. The number of esters is 8. The number of rotatable bonds is 15. The molecule has 3 rings (SSSR count). The number of hydrogen-bond acceptors (Lipinski definition) is 24. The third kappa shape index (κ3) is 13.5. The lowest BCUT2D eigenvalue weighted by molar-refractivity contribution is -0.362. The van der Waals surface area contributed by atoms with Crippen LogP contribution in [0.2, 0.25) is 0 Å². The Morgan fingerprint density at radius 1 is 0.397 bits per heavy atom. The lowest BCUT2D eigenvalue weighted by Gasteiger charge is -2.47. The van der Waals surface area contributed by atoms with E-state index >= 15 is 0 Å². The van der Waals surface area contributed by atoms with E-state index in [1.54, 1.807) is 0 Å². The molecule has 3 N–H and O–H groups in total. The van der Waals surface area contributed by atoms with Gasteiger partial charge >= 0.3 is 47.8 Å². The zero-order valence-electron chi connectivity index (χ0n) is 32.7. The van der Waals surface area contributed by atoms with E-state index in [2.05, 4.69) is 0 Å². The minimum Gasteiger partial charge on any atom is -0.463 e. The quantitative estimate of drug-likeness (QED) is 0.109. The zero-order chi connectivity index (χ0) is 43.6. The highest BCUT2D eigenvalue weighted by Crippen LogP contribution is 2.35. The van der Waals surface area contributed by atoms with Crippen molar-refractivity contribution in [1.82, 2.24) is 0 Å². The Balaban J connectivity index is 1.97. The van der Waals surface area contributed by atoms with Gasteiger partial charge in [-0.1, -0.05) is 0 Å². The lowest BCUT2D eigenvalue weighted by Crippen LogP contribution is -2.66. The van der Waals surface area contributed by atoms with Gasteiger partial charge in [-0.15, -0.1) is 0 Å². The largest absolute Gasteiger partial charge is 0.463 e. The first-order chi connectivity index (χ1) is 27.1. The fourth-order valence-electron chi connectivity index (χ4n) is 6.18. The highest BCUT2D eigenvalue weighted by atomic mass is 16.8. The monoisotopic (exact) mass is 840 g/mol. The molecule has 3 saturated heterocycles. The molecule has 3 aliphatic heterocycles. The first-order valence-electron chi connectivity index (χ1n) is 17.7. The van der Waals surface area contributed by atoms with Crippen LogP contribution in [-0.4, -0.2) is 175 Å². The molecule has 0 bridgehead atoms. The van der Waals surface area contributed by atoms with Gasteiger partial charge in [0.05, 0.1) is 6.61 Å². The molecular weight excluding hydrogens is 792 g/mol. The summed E-state index contributed by atoms with van der Waals surface area (Å²) in [6, 6.07) is 0. The highest BCUT2D eigenvalue weighted by molar-refractivity contribution is 5.70. The van der Waals surface area contributed by atoms with Crippen molar-refractivity contribution in [2.75, 3.05) is 19.8 Å². The number of hydrogen-bond donors (Lipinski definition) is 3. The van der Waals surface area contributed by atoms with E-state index in [9.17, 15) is 53.7 Å². The molecule has 3 fully saturated rings. The summed E-state index contributed by atoms with van der Waals surface area (Å²) in [5.74, 6) is -7.15. The first kappa shape index (κ1) is 47.8. The van der Waals surface area contributed by atoms with Crippen molar-refractivity contribution in [2.24, 2.45) is 0 Å². The van der Waals surface area contributed by atoms with Crippen molar-refractivity contribution < 1.29 is 115 Å². The molecule has 58 heavy (non-hydrogen) atoms. The smallest absolute Gasteiger partial charge is 0.303 e. The minimum atomic E-state index is -2.14. The lowest BCUT2D eigenvalue weighted by atomic mass is 9.96. The zero-order valence-corrected chi connectivity index (χ0v) is 32.7. The van der Waals surface area contributed by atoms with E-state index in [1.165, 1.54) is 0 Å². The molecule has 3 aliphatic rings. The van der Waals surface area contributed by atoms with Gasteiger partial charge in [-0.3, -0.25) is 38.4 Å². The Labute approximate surface area is 330 Å². The van der Waals surface area contributed by atoms with Gasteiger partial charge in [0.25, 0.3) is 0 Å². The van der Waals surface area contributed by atoms with Crippen molar-refractivity contribution >= 4 is 47.8 Å². The number of ether oxygens (including phenoxy) is 13. The molecule has 0 aromatic carbocycles. The molecule has 0 amide bonds. The third-order valence-electron chi connectivity index (χ3n) is 8.27. The van der Waals surface area contributed by atoms with Crippen molar-refractivity contribution in [3.05, 3.63) is 0 Å². The van der Waals surface area contributed by atoms with Gasteiger partial charge in [-0.25, -0.2) is 0 Å². The van der Waals surface area contributed by atoms with Gasteiger partial charge in [0.2, 0.25) is 0 Å². The molecule has 0 aromatic rings. The van der Waals surface area contributed by atoms with Crippen LogP contribution in [0.15, 0.2) is 0 Å². The van der Waals surface area contributed by atoms with Crippen LogP contribution in [0.4, 0.5) is 0 Å². The Morgan fingerprint density at radius 3 is 1.16 bits per heavy atom. The number of aliphatic hydroxyl groups excluding tert-OH is 3. The van der Waals surface area contributed by atoms with E-state index in [4.69, 9.17) is 61.6 Å². The van der Waals surface area contributed by atoms with Crippen LogP contribution < -0.4 is 0 Å². The average molecular weight is 841 g/mol. The summed E-state index contributed by atoms with van der Waals surface area (Å²) >= 11 is 0. The number of carbonyl (C=O) groups excluding carboxylic acids is 8. The summed E-state index contributed by atoms with van der Waals surface area (Å²) in [6.07, 6.45) is -26.2. The molecule has 9 unspecified atom stereocenters. The van der Waals surface area contributed by atoms with Crippen LogP contribution in [0.5, 0.6) is 0 Å². The summed E-state index contributed by atoms with van der Waals surface area (Å²) in [5, 5.41) is 33.2. The van der Waals surface area contributed by atoms with Crippen LogP contribution in [0, 0.1) is 0 Å². The predicted molar refractivity (Wildman–Crippen MR) is 178 cm³/mol. The van der Waals surface area contributed by atoms with Gasteiger partial charge in [0.15, 0.2) is 55.5 Å². The summed E-state index contributed by atoms with van der Waals surface area (Å²) in [4.78, 5) is 96.4. The normalized spacial score (nSPS) is 34.6. The second kappa shape index (κ2) is 21.4. The van der Waals surface area contributed by atoms with Gasteiger partial charge in [0, 0.05) is 55.4 Å². The SMILES string of the molecule is CC(=O)OCC1O[C@@H](OC2C(O)[C@@H](O)OC(CO[C@@H]3OC(COC(C)=O)[C@H](OC(C)=O)C(OC(C)=O)C3OC(C)=O)[C@H]2O)C(OC(C)=O)C(OC(C)=O)[C@@H]1OC(C)=O. The second-order valence-electron chi connectivity index (χ2n) is 13.1. The predicted octanol–water partition coefficient (Wildman–Crippen LogP) is -3.01. The van der Waals surface area contributed by atoms with E-state index in [-0.39, 0.29) is 0 Å². The summed E-state index contributed by atoms with van der Waals surface area (Å²) < 4.78 is 71.0. The van der Waals surface area contributed by atoms with Crippen LogP contribution in [-0.2, 0) is 99.9 Å². The molecule has 3 heterocycles. The maximum atomic E-state index is 12.3. The first-order valence-corrected chi connectivity index (χ1v) is 17.7. The van der Waals surface area contributed by atoms with Crippen LogP contribution in [0.3, 0.4) is 0 Å². The van der Waals surface area contributed by atoms with Crippen molar-refractivity contribution in [2.45, 2.75) is 148 Å².